The van der Waals surface area contributed by atoms with E-state index in [1.807, 2.05) is 0 Å². The van der Waals surface area contributed by atoms with E-state index in [2.05, 4.69) is 25.1 Å². The van der Waals surface area contributed by atoms with Crippen LogP contribution in [0.1, 0.15) is 35.6 Å². The van der Waals surface area contributed by atoms with Crippen molar-refractivity contribution in [3.05, 3.63) is 78.1 Å². The maximum atomic E-state index is 14.6. The number of hydrogen-bond acceptors (Lipinski definition) is 4. The lowest BCUT2D eigenvalue weighted by Gasteiger charge is -2.12. The van der Waals surface area contributed by atoms with E-state index >= 15 is 0 Å². The third-order valence-corrected chi connectivity index (χ3v) is 5.56. The third-order valence-electron chi connectivity index (χ3n) is 5.56. The second-order valence-electron chi connectivity index (χ2n) is 7.68. The molecule has 1 aliphatic rings. The lowest BCUT2D eigenvalue weighted by atomic mass is 10.1. The minimum absolute atomic E-state index is 0.0327. The summed E-state index contributed by atoms with van der Waals surface area (Å²) in [5, 5.41) is 11.2. The molecule has 4 aromatic rings. The van der Waals surface area contributed by atoms with Crippen molar-refractivity contribution in [3.63, 3.8) is 0 Å². The molecule has 1 N–H and O–H groups in total. The smallest absolute Gasteiger partial charge is 0.274 e. The van der Waals surface area contributed by atoms with Gasteiger partial charge in [0.25, 0.3) is 5.91 Å². The van der Waals surface area contributed by atoms with Gasteiger partial charge < -0.3 is 9.88 Å². The zero-order valence-corrected chi connectivity index (χ0v) is 17.1. The Morgan fingerprint density at radius 2 is 1.84 bits per heavy atom. The summed E-state index contributed by atoms with van der Waals surface area (Å²) in [5.74, 6) is 0.1000. The van der Waals surface area contributed by atoms with Gasteiger partial charge in [-0.2, -0.15) is 0 Å². The molecule has 0 bridgehead atoms. The molecule has 2 aromatic carbocycles. The molecule has 0 fully saturated rings. The van der Waals surface area contributed by atoms with Crippen LogP contribution in [-0.2, 0) is 13.0 Å². The summed E-state index contributed by atoms with van der Waals surface area (Å²) in [6, 6.07) is 10.2. The van der Waals surface area contributed by atoms with Crippen molar-refractivity contribution in [1.82, 2.24) is 24.3 Å². The van der Waals surface area contributed by atoms with Gasteiger partial charge in [0.15, 0.2) is 5.82 Å². The summed E-state index contributed by atoms with van der Waals surface area (Å²) >= 11 is 0. The Balaban J connectivity index is 1.44. The summed E-state index contributed by atoms with van der Waals surface area (Å²) in [6.45, 7) is 0.813. The summed E-state index contributed by atoms with van der Waals surface area (Å²) < 4.78 is 31.4. The minimum Gasteiger partial charge on any atom is -0.318 e. The fourth-order valence-electron chi connectivity index (χ4n) is 3.92. The Kier molecular flexibility index (Phi) is 5.22. The number of halogens is 2. The number of carbonyl (C=O) groups is 1. The normalized spacial score (nSPS) is 13.4. The summed E-state index contributed by atoms with van der Waals surface area (Å²) in [6.07, 6.45) is 6.93. The Morgan fingerprint density at radius 1 is 1.00 bits per heavy atom. The summed E-state index contributed by atoms with van der Waals surface area (Å²) in [5.41, 5.74) is 1.46. The molecule has 0 aliphatic carbocycles. The van der Waals surface area contributed by atoms with Gasteiger partial charge in [0.2, 0.25) is 0 Å². The minimum atomic E-state index is -0.564. The van der Waals surface area contributed by atoms with E-state index in [0.29, 0.717) is 17.1 Å². The van der Waals surface area contributed by atoms with Crippen LogP contribution in [0.3, 0.4) is 0 Å². The first-order valence-electron chi connectivity index (χ1n) is 10.4. The van der Waals surface area contributed by atoms with Gasteiger partial charge in [-0.15, -0.1) is 10.2 Å². The van der Waals surface area contributed by atoms with Gasteiger partial charge in [0.1, 0.15) is 23.2 Å². The Labute approximate surface area is 182 Å². The molecule has 2 aromatic heterocycles. The van der Waals surface area contributed by atoms with Crippen molar-refractivity contribution < 1.29 is 13.6 Å². The first-order chi connectivity index (χ1) is 15.6. The van der Waals surface area contributed by atoms with Crippen LogP contribution in [0.15, 0.2) is 55.0 Å². The molecule has 0 radical (unpaired) electrons. The van der Waals surface area contributed by atoms with E-state index in [-0.39, 0.29) is 17.2 Å². The first-order valence-corrected chi connectivity index (χ1v) is 10.4. The van der Waals surface area contributed by atoms with Gasteiger partial charge in [-0.3, -0.25) is 9.36 Å². The fourth-order valence-corrected chi connectivity index (χ4v) is 3.92. The lowest BCUT2D eigenvalue weighted by molar-refractivity contribution is 0.102. The average molecular weight is 434 g/mol. The van der Waals surface area contributed by atoms with Crippen LogP contribution >= 0.6 is 0 Å². The van der Waals surface area contributed by atoms with Gasteiger partial charge in [-0.1, -0.05) is 6.42 Å². The lowest BCUT2D eigenvalue weighted by Crippen LogP contribution is -2.17. The number of carbonyl (C=O) groups excluding carboxylic acids is 1. The van der Waals surface area contributed by atoms with Crippen molar-refractivity contribution >= 4 is 11.6 Å². The van der Waals surface area contributed by atoms with E-state index in [1.165, 1.54) is 47.4 Å². The fraction of sp³-hybridized carbons (Fsp3) is 0.217. The molecular weight excluding hydrogens is 414 g/mol. The molecule has 7 nitrogen and oxygen atoms in total. The van der Waals surface area contributed by atoms with Crippen molar-refractivity contribution in [2.24, 2.45) is 0 Å². The van der Waals surface area contributed by atoms with Crippen molar-refractivity contribution in [1.29, 1.82) is 0 Å². The highest BCUT2D eigenvalue weighted by molar-refractivity contribution is 6.03. The molecular formula is C23H20F2N6O. The van der Waals surface area contributed by atoms with Crippen molar-refractivity contribution in [2.45, 2.75) is 32.2 Å². The van der Waals surface area contributed by atoms with Crippen LogP contribution in [0, 0.1) is 11.6 Å². The number of benzene rings is 2. The summed E-state index contributed by atoms with van der Waals surface area (Å²) in [7, 11) is 0. The van der Waals surface area contributed by atoms with E-state index < -0.39 is 11.7 Å². The van der Waals surface area contributed by atoms with Gasteiger partial charge in [0, 0.05) is 24.2 Å². The molecule has 0 unspecified atom stereocenters. The Hall–Kier alpha value is -3.88. The second-order valence-corrected chi connectivity index (χ2v) is 7.68. The maximum Gasteiger partial charge on any atom is 0.274 e. The number of nitrogens with one attached hydrogen (secondary N) is 1. The van der Waals surface area contributed by atoms with Crippen LogP contribution in [0.4, 0.5) is 14.5 Å². The second kappa shape index (κ2) is 8.33. The number of hydrogen-bond donors (Lipinski definition) is 1. The molecule has 0 spiro atoms. The molecule has 3 heterocycles. The van der Waals surface area contributed by atoms with E-state index in [9.17, 15) is 13.6 Å². The highest BCUT2D eigenvalue weighted by atomic mass is 19.1. The number of aryl methyl sites for hydroxylation is 1. The standard InChI is InChI=1S/C23H20F2N6O/c24-16-6-8-17(9-7-16)31-14-26-13-20(31)23(32)27-19-12-15(5-10-18(19)25)22-29-28-21-4-2-1-3-11-30(21)22/h5-10,12-14H,1-4,11H2,(H,27,32). The van der Waals surface area contributed by atoms with E-state index in [0.717, 1.165) is 38.1 Å². The SMILES string of the molecule is O=C(Nc1cc(-c2nnc3n2CCCCC3)ccc1F)c1cncn1-c1ccc(F)cc1. The van der Waals surface area contributed by atoms with Gasteiger partial charge in [-0.25, -0.2) is 13.8 Å². The number of amides is 1. The molecule has 1 amide bonds. The number of imidazole rings is 1. The largest absolute Gasteiger partial charge is 0.318 e. The van der Waals surface area contributed by atoms with Crippen LogP contribution < -0.4 is 5.32 Å². The quantitative estimate of drug-likeness (QED) is 0.517. The zero-order valence-electron chi connectivity index (χ0n) is 17.1. The average Bonchev–Trinajstić information content (AvgIpc) is 3.38. The number of aromatic nitrogens is 5. The molecule has 32 heavy (non-hydrogen) atoms. The first kappa shape index (κ1) is 20.0. The highest BCUT2D eigenvalue weighted by Crippen LogP contribution is 2.27. The monoisotopic (exact) mass is 434 g/mol. The van der Waals surface area contributed by atoms with Crippen LogP contribution in [0.25, 0.3) is 17.1 Å². The predicted molar refractivity (Wildman–Crippen MR) is 114 cm³/mol. The topological polar surface area (TPSA) is 77.6 Å². The molecule has 0 atom stereocenters. The molecule has 0 saturated carbocycles. The third kappa shape index (κ3) is 3.77. The number of anilines is 1. The van der Waals surface area contributed by atoms with Gasteiger partial charge >= 0.3 is 0 Å². The number of rotatable bonds is 4. The van der Waals surface area contributed by atoms with Gasteiger partial charge in [0.05, 0.1) is 18.2 Å². The zero-order chi connectivity index (χ0) is 22.1. The maximum absolute atomic E-state index is 14.6. The van der Waals surface area contributed by atoms with Crippen LogP contribution in [-0.4, -0.2) is 30.2 Å². The van der Waals surface area contributed by atoms with Gasteiger partial charge in [-0.05, 0) is 55.3 Å². The molecule has 0 saturated heterocycles. The van der Waals surface area contributed by atoms with E-state index in [4.69, 9.17) is 0 Å². The molecule has 5 rings (SSSR count). The van der Waals surface area contributed by atoms with Crippen LogP contribution in [0.5, 0.6) is 0 Å². The van der Waals surface area contributed by atoms with E-state index in [1.54, 1.807) is 12.1 Å². The molecule has 1 aliphatic heterocycles. The number of nitrogens with zero attached hydrogens (tertiary/aromatic N) is 5. The predicted octanol–water partition coefficient (Wildman–Crippen LogP) is 4.39. The van der Waals surface area contributed by atoms with Crippen molar-refractivity contribution in [2.75, 3.05) is 5.32 Å². The molecule has 162 valence electrons. The molecule has 9 heteroatoms. The Bertz CT molecular complexity index is 1280. The van der Waals surface area contributed by atoms with Crippen LogP contribution in [0.2, 0.25) is 0 Å². The van der Waals surface area contributed by atoms with Crippen molar-refractivity contribution in [3.8, 4) is 17.1 Å². The summed E-state index contributed by atoms with van der Waals surface area (Å²) in [4.78, 5) is 16.9. The number of fused-ring (bicyclic) bond motifs is 1. The highest BCUT2D eigenvalue weighted by Gasteiger charge is 2.19. The Morgan fingerprint density at radius 3 is 2.69 bits per heavy atom.